The van der Waals surface area contributed by atoms with Crippen LogP contribution in [-0.4, -0.2) is 16.5 Å². The van der Waals surface area contributed by atoms with Crippen LogP contribution in [0.2, 0.25) is 0 Å². The van der Waals surface area contributed by atoms with Crippen LogP contribution in [0.25, 0.3) is 0 Å². The minimum Gasteiger partial charge on any atom is -0.309 e. The molecule has 0 bridgehead atoms. The minimum absolute atomic E-state index is 0.390. The molecule has 1 aromatic rings. The molecule has 1 N–H and O–H groups in total. The van der Waals surface area contributed by atoms with E-state index in [1.165, 1.54) is 38.5 Å². The number of hydrogen-bond acceptors (Lipinski definition) is 3. The van der Waals surface area contributed by atoms with Crippen molar-refractivity contribution in [3.05, 3.63) is 23.8 Å². The Bertz CT molecular complexity index is 341. The van der Waals surface area contributed by atoms with Gasteiger partial charge in [-0.2, -0.15) is 0 Å². The van der Waals surface area contributed by atoms with Gasteiger partial charge in [0, 0.05) is 6.20 Å². The summed E-state index contributed by atoms with van der Waals surface area (Å²) < 4.78 is 0. The first-order valence-corrected chi connectivity index (χ1v) is 7.31. The van der Waals surface area contributed by atoms with Crippen molar-refractivity contribution in [2.45, 2.75) is 58.4 Å². The molecule has 0 amide bonds. The topological polar surface area (TPSA) is 37.8 Å². The Morgan fingerprint density at radius 1 is 1.28 bits per heavy atom. The van der Waals surface area contributed by atoms with Crippen molar-refractivity contribution in [1.82, 2.24) is 15.3 Å². The van der Waals surface area contributed by atoms with E-state index in [1.54, 1.807) is 0 Å². The summed E-state index contributed by atoms with van der Waals surface area (Å²) in [6.07, 6.45) is 11.8. The molecule has 1 aliphatic carbocycles. The zero-order chi connectivity index (χ0) is 12.8. The molecular weight excluding hydrogens is 222 g/mol. The summed E-state index contributed by atoms with van der Waals surface area (Å²) >= 11 is 0. The van der Waals surface area contributed by atoms with Gasteiger partial charge in [-0.05, 0) is 32.2 Å². The molecule has 1 saturated carbocycles. The third kappa shape index (κ3) is 3.77. The fourth-order valence-electron chi connectivity index (χ4n) is 2.79. The van der Waals surface area contributed by atoms with Gasteiger partial charge in [-0.25, -0.2) is 0 Å². The number of nitrogens with one attached hydrogen (secondary N) is 1. The molecule has 1 fully saturated rings. The molecule has 0 radical (unpaired) electrons. The highest BCUT2D eigenvalue weighted by molar-refractivity contribution is 5.06. The molecule has 1 heterocycles. The smallest absolute Gasteiger partial charge is 0.0756 e. The molecular formula is C15H25N3. The molecule has 0 aromatic carbocycles. The van der Waals surface area contributed by atoms with Crippen LogP contribution in [0.15, 0.2) is 12.4 Å². The second-order valence-corrected chi connectivity index (χ2v) is 5.48. The Hall–Kier alpha value is -0.960. The average Bonchev–Trinajstić information content (AvgIpc) is 2.88. The second-order valence-electron chi connectivity index (χ2n) is 5.48. The van der Waals surface area contributed by atoms with E-state index in [4.69, 9.17) is 0 Å². The standard InChI is InChI=1S/C15H25N3/c1-3-8-16-14(9-13-6-4-5-7-13)15-11-17-12(2)10-18-15/h10-11,13-14,16H,3-9H2,1-2H3. The number of aromatic nitrogens is 2. The third-order valence-electron chi connectivity index (χ3n) is 3.84. The van der Waals surface area contributed by atoms with Crippen LogP contribution in [0.5, 0.6) is 0 Å². The Labute approximate surface area is 110 Å². The zero-order valence-corrected chi connectivity index (χ0v) is 11.7. The maximum absolute atomic E-state index is 4.55. The van der Waals surface area contributed by atoms with Crippen molar-refractivity contribution < 1.29 is 0 Å². The summed E-state index contributed by atoms with van der Waals surface area (Å²) in [6, 6.07) is 0.390. The SMILES string of the molecule is CCCNC(CC1CCCC1)c1cnc(C)cn1. The van der Waals surface area contributed by atoms with Crippen LogP contribution in [0.4, 0.5) is 0 Å². The molecule has 1 aliphatic rings. The van der Waals surface area contributed by atoms with Gasteiger partial charge in [0.25, 0.3) is 0 Å². The van der Waals surface area contributed by atoms with Crippen LogP contribution in [0, 0.1) is 12.8 Å². The number of aryl methyl sites for hydroxylation is 1. The fraction of sp³-hybridized carbons (Fsp3) is 0.733. The highest BCUT2D eigenvalue weighted by Crippen LogP contribution is 2.32. The van der Waals surface area contributed by atoms with Crippen molar-refractivity contribution in [2.75, 3.05) is 6.54 Å². The van der Waals surface area contributed by atoms with E-state index < -0.39 is 0 Å². The Morgan fingerprint density at radius 2 is 2.06 bits per heavy atom. The van der Waals surface area contributed by atoms with Crippen LogP contribution in [0.1, 0.15) is 62.9 Å². The summed E-state index contributed by atoms with van der Waals surface area (Å²) in [4.78, 5) is 8.93. The zero-order valence-electron chi connectivity index (χ0n) is 11.7. The molecule has 18 heavy (non-hydrogen) atoms. The Kier molecular flexibility index (Phi) is 5.12. The van der Waals surface area contributed by atoms with Crippen LogP contribution < -0.4 is 5.32 Å². The first-order valence-electron chi connectivity index (χ1n) is 7.31. The van der Waals surface area contributed by atoms with Gasteiger partial charge >= 0.3 is 0 Å². The lowest BCUT2D eigenvalue weighted by atomic mass is 9.96. The summed E-state index contributed by atoms with van der Waals surface area (Å²) in [5.74, 6) is 0.877. The maximum atomic E-state index is 4.55. The van der Waals surface area contributed by atoms with Crippen LogP contribution in [-0.2, 0) is 0 Å². The largest absolute Gasteiger partial charge is 0.309 e. The minimum atomic E-state index is 0.390. The van der Waals surface area contributed by atoms with Crippen molar-refractivity contribution >= 4 is 0 Å². The highest BCUT2D eigenvalue weighted by Gasteiger charge is 2.21. The Morgan fingerprint density at radius 3 is 2.67 bits per heavy atom. The van der Waals surface area contributed by atoms with Gasteiger partial charge in [-0.3, -0.25) is 9.97 Å². The van der Waals surface area contributed by atoms with E-state index in [-0.39, 0.29) is 0 Å². The maximum Gasteiger partial charge on any atom is 0.0756 e. The second kappa shape index (κ2) is 6.83. The monoisotopic (exact) mass is 247 g/mol. The van der Waals surface area contributed by atoms with Crippen molar-refractivity contribution in [3.8, 4) is 0 Å². The number of hydrogen-bond donors (Lipinski definition) is 1. The van der Waals surface area contributed by atoms with E-state index in [2.05, 4.69) is 22.2 Å². The summed E-state index contributed by atoms with van der Waals surface area (Å²) in [5, 5.41) is 3.63. The highest BCUT2D eigenvalue weighted by atomic mass is 14.9. The lowest BCUT2D eigenvalue weighted by Crippen LogP contribution is -2.25. The molecule has 0 saturated heterocycles. The number of rotatable bonds is 6. The first-order chi connectivity index (χ1) is 8.79. The van der Waals surface area contributed by atoms with Gasteiger partial charge in [0.2, 0.25) is 0 Å². The quantitative estimate of drug-likeness (QED) is 0.837. The van der Waals surface area contributed by atoms with Gasteiger partial charge in [-0.15, -0.1) is 0 Å². The van der Waals surface area contributed by atoms with Gasteiger partial charge in [0.05, 0.1) is 23.6 Å². The first kappa shape index (κ1) is 13.5. The van der Waals surface area contributed by atoms with Gasteiger partial charge < -0.3 is 5.32 Å². The molecule has 2 rings (SSSR count). The molecule has 3 heteroatoms. The van der Waals surface area contributed by atoms with Crippen molar-refractivity contribution in [1.29, 1.82) is 0 Å². The van der Waals surface area contributed by atoms with Crippen molar-refractivity contribution in [2.24, 2.45) is 5.92 Å². The van der Waals surface area contributed by atoms with Crippen LogP contribution >= 0.6 is 0 Å². The van der Waals surface area contributed by atoms with E-state index >= 15 is 0 Å². The van der Waals surface area contributed by atoms with E-state index in [0.717, 1.165) is 23.9 Å². The molecule has 1 unspecified atom stereocenters. The molecule has 0 aliphatic heterocycles. The van der Waals surface area contributed by atoms with E-state index in [0.29, 0.717) is 6.04 Å². The lowest BCUT2D eigenvalue weighted by molar-refractivity contribution is 0.388. The van der Waals surface area contributed by atoms with Crippen LogP contribution in [0.3, 0.4) is 0 Å². The molecule has 100 valence electrons. The predicted molar refractivity (Wildman–Crippen MR) is 74.4 cm³/mol. The van der Waals surface area contributed by atoms with Gasteiger partial charge in [-0.1, -0.05) is 32.6 Å². The predicted octanol–water partition coefficient (Wildman–Crippen LogP) is 3.41. The lowest BCUT2D eigenvalue weighted by Gasteiger charge is -2.21. The van der Waals surface area contributed by atoms with Crippen molar-refractivity contribution in [3.63, 3.8) is 0 Å². The number of nitrogens with zero attached hydrogens (tertiary/aromatic N) is 2. The third-order valence-corrected chi connectivity index (χ3v) is 3.84. The van der Waals surface area contributed by atoms with Gasteiger partial charge in [0.1, 0.15) is 0 Å². The molecule has 0 spiro atoms. The molecule has 1 atom stereocenters. The molecule has 1 aromatic heterocycles. The van der Waals surface area contributed by atoms with E-state index in [9.17, 15) is 0 Å². The van der Waals surface area contributed by atoms with Gasteiger partial charge in [0.15, 0.2) is 0 Å². The summed E-state index contributed by atoms with van der Waals surface area (Å²) in [5.41, 5.74) is 2.11. The normalized spacial score (nSPS) is 18.1. The summed E-state index contributed by atoms with van der Waals surface area (Å²) in [7, 11) is 0. The average molecular weight is 247 g/mol. The molecule has 3 nitrogen and oxygen atoms in total. The van der Waals surface area contributed by atoms with E-state index in [1.807, 2.05) is 19.3 Å². The summed E-state index contributed by atoms with van der Waals surface area (Å²) in [6.45, 7) is 5.26. The Balaban J connectivity index is 2.00. The fourth-order valence-corrected chi connectivity index (χ4v) is 2.79.